The molecule has 1 atom stereocenters. The molecule has 1 aliphatic rings. The number of anilines is 1. The average Bonchev–Trinajstić information content (AvgIpc) is 3.44. The smallest absolute Gasteiger partial charge is 0.247 e. The molecule has 38 heavy (non-hydrogen) atoms. The molecule has 1 saturated carbocycles. The van der Waals surface area contributed by atoms with E-state index in [0.717, 1.165) is 41.7 Å². The number of benzene rings is 1. The largest absolute Gasteiger partial charge is 0.351 e. The highest BCUT2D eigenvalue weighted by Gasteiger charge is 2.33. The topological polar surface area (TPSA) is 91.4 Å². The summed E-state index contributed by atoms with van der Waals surface area (Å²) in [7, 11) is 0. The van der Waals surface area contributed by atoms with Gasteiger partial charge in [0.05, 0.1) is 6.54 Å². The van der Waals surface area contributed by atoms with Crippen LogP contribution in [0.3, 0.4) is 0 Å². The maximum absolute atomic E-state index is 13.8. The van der Waals surface area contributed by atoms with Gasteiger partial charge in [-0.05, 0) is 55.3 Å². The molecule has 8 heteroatoms. The minimum absolute atomic E-state index is 0.137. The summed E-state index contributed by atoms with van der Waals surface area (Å²) in [5.41, 5.74) is 1.89. The van der Waals surface area contributed by atoms with Crippen LogP contribution in [0.15, 0.2) is 66.2 Å². The number of nitrogens with one attached hydrogen (secondary N) is 2. The summed E-state index contributed by atoms with van der Waals surface area (Å²) in [6.45, 7) is 2.35. The van der Waals surface area contributed by atoms with E-state index in [-0.39, 0.29) is 36.6 Å². The van der Waals surface area contributed by atoms with Gasteiger partial charge in [0.15, 0.2) is 0 Å². The molecule has 0 aliphatic heterocycles. The van der Waals surface area contributed by atoms with Crippen molar-refractivity contribution in [3.8, 4) is 0 Å². The average molecular weight is 533 g/mol. The van der Waals surface area contributed by atoms with E-state index in [1.807, 2.05) is 48.7 Å². The van der Waals surface area contributed by atoms with Crippen LogP contribution in [0.4, 0.5) is 5.82 Å². The summed E-state index contributed by atoms with van der Waals surface area (Å²) in [6.07, 6.45) is 7.71. The molecule has 2 aromatic heterocycles. The monoisotopic (exact) mass is 532 g/mol. The van der Waals surface area contributed by atoms with Crippen LogP contribution < -0.4 is 10.6 Å². The van der Waals surface area contributed by atoms with Crippen molar-refractivity contribution < 1.29 is 14.4 Å². The molecule has 1 aliphatic carbocycles. The maximum atomic E-state index is 13.8. The molecule has 2 heterocycles. The minimum Gasteiger partial charge on any atom is -0.351 e. The maximum Gasteiger partial charge on any atom is 0.247 e. The summed E-state index contributed by atoms with van der Waals surface area (Å²) >= 11 is 1.56. The first-order chi connectivity index (χ1) is 18.5. The van der Waals surface area contributed by atoms with Crippen molar-refractivity contribution in [2.75, 3.05) is 5.32 Å². The van der Waals surface area contributed by atoms with Gasteiger partial charge in [0.2, 0.25) is 17.7 Å². The van der Waals surface area contributed by atoms with E-state index in [9.17, 15) is 14.4 Å². The Morgan fingerprint density at radius 1 is 1.00 bits per heavy atom. The van der Waals surface area contributed by atoms with E-state index >= 15 is 0 Å². The SMILES string of the molecule is Cc1ccc([C@H](C(=O)NC2CCCCC2)N(Cc2cccs2)C(=O)CCCC(=O)Nc2ccccn2)cc1. The molecule has 3 aromatic rings. The number of carbonyl (C=O) groups excluding carboxylic acids is 3. The Balaban J connectivity index is 1.50. The third-order valence-corrected chi connectivity index (χ3v) is 7.72. The van der Waals surface area contributed by atoms with Gasteiger partial charge in [0.1, 0.15) is 11.9 Å². The number of rotatable bonds is 11. The van der Waals surface area contributed by atoms with Gasteiger partial charge in [-0.25, -0.2) is 4.98 Å². The van der Waals surface area contributed by atoms with Crippen molar-refractivity contribution in [3.05, 3.63) is 82.2 Å². The van der Waals surface area contributed by atoms with Gasteiger partial charge in [-0.15, -0.1) is 11.3 Å². The highest BCUT2D eigenvalue weighted by atomic mass is 32.1. The van der Waals surface area contributed by atoms with Crippen molar-refractivity contribution in [2.24, 2.45) is 0 Å². The molecule has 0 unspecified atom stereocenters. The summed E-state index contributed by atoms with van der Waals surface area (Å²) < 4.78 is 0. The summed E-state index contributed by atoms with van der Waals surface area (Å²) in [5.74, 6) is 0.0142. The van der Waals surface area contributed by atoms with E-state index in [2.05, 4.69) is 15.6 Å². The van der Waals surface area contributed by atoms with Gasteiger partial charge in [-0.2, -0.15) is 0 Å². The molecule has 7 nitrogen and oxygen atoms in total. The normalized spacial score (nSPS) is 14.4. The Morgan fingerprint density at radius 2 is 1.79 bits per heavy atom. The van der Waals surface area contributed by atoms with E-state index in [1.54, 1.807) is 40.6 Å². The van der Waals surface area contributed by atoms with E-state index < -0.39 is 6.04 Å². The Bertz CT molecular complexity index is 1180. The second-order valence-electron chi connectivity index (χ2n) is 9.87. The molecule has 4 rings (SSSR count). The van der Waals surface area contributed by atoms with Crippen molar-refractivity contribution >= 4 is 34.9 Å². The van der Waals surface area contributed by atoms with Crippen molar-refractivity contribution in [2.45, 2.75) is 76.9 Å². The predicted octanol–water partition coefficient (Wildman–Crippen LogP) is 5.78. The molecule has 3 amide bonds. The van der Waals surface area contributed by atoms with Gasteiger partial charge < -0.3 is 15.5 Å². The van der Waals surface area contributed by atoms with Crippen LogP contribution in [0, 0.1) is 6.92 Å². The van der Waals surface area contributed by atoms with Gasteiger partial charge in [-0.3, -0.25) is 14.4 Å². The third kappa shape index (κ3) is 7.99. The summed E-state index contributed by atoms with van der Waals surface area (Å²) in [6, 6.07) is 16.5. The molecule has 1 aromatic carbocycles. The van der Waals surface area contributed by atoms with Crippen LogP contribution in [0.5, 0.6) is 0 Å². The first-order valence-electron chi connectivity index (χ1n) is 13.4. The van der Waals surface area contributed by atoms with Gasteiger partial charge in [-0.1, -0.05) is 61.2 Å². The van der Waals surface area contributed by atoms with E-state index in [4.69, 9.17) is 0 Å². The number of pyridine rings is 1. The van der Waals surface area contributed by atoms with Gasteiger partial charge in [0, 0.05) is 30.0 Å². The highest BCUT2D eigenvalue weighted by Crippen LogP contribution is 2.28. The Labute approximate surface area is 228 Å². The molecule has 0 spiro atoms. The van der Waals surface area contributed by atoms with Gasteiger partial charge >= 0.3 is 0 Å². The molecule has 1 fully saturated rings. The lowest BCUT2D eigenvalue weighted by Gasteiger charge is -2.33. The fraction of sp³-hybridized carbons (Fsp3) is 0.400. The standard InChI is InChI=1S/C30H36N4O3S/c1-22-15-17-23(18-16-22)29(30(37)32-24-9-3-2-4-10-24)34(21-25-11-8-20-38-25)28(36)14-7-13-27(35)33-26-12-5-6-19-31-26/h5-6,8,11-12,15-20,24,29H,2-4,7,9-10,13-14,21H2,1H3,(H,32,37)(H,31,33,35)/t29-/m1/s1. The number of carbonyl (C=O) groups is 3. The first-order valence-corrected chi connectivity index (χ1v) is 14.3. The first kappa shape index (κ1) is 27.5. The number of hydrogen-bond donors (Lipinski definition) is 2. The zero-order valence-corrected chi connectivity index (χ0v) is 22.7. The number of amides is 3. The van der Waals surface area contributed by atoms with Crippen LogP contribution in [-0.4, -0.2) is 33.6 Å². The number of thiophene rings is 1. The minimum atomic E-state index is -0.741. The van der Waals surface area contributed by atoms with Crippen molar-refractivity contribution in [3.63, 3.8) is 0 Å². The quantitative estimate of drug-likeness (QED) is 0.328. The van der Waals surface area contributed by atoms with Crippen molar-refractivity contribution in [1.29, 1.82) is 0 Å². The van der Waals surface area contributed by atoms with Crippen molar-refractivity contribution in [1.82, 2.24) is 15.2 Å². The van der Waals surface area contributed by atoms with Gasteiger partial charge in [0.25, 0.3) is 0 Å². The van der Waals surface area contributed by atoms with Crippen LogP contribution in [0.25, 0.3) is 0 Å². The summed E-state index contributed by atoms with van der Waals surface area (Å²) in [5, 5.41) is 7.98. The molecule has 0 bridgehead atoms. The second-order valence-corrected chi connectivity index (χ2v) is 10.9. The number of aryl methyl sites for hydroxylation is 1. The Morgan fingerprint density at radius 3 is 2.47 bits per heavy atom. The Hall–Kier alpha value is -3.52. The lowest BCUT2D eigenvalue weighted by atomic mass is 9.94. The lowest BCUT2D eigenvalue weighted by molar-refractivity contribution is -0.142. The zero-order chi connectivity index (χ0) is 26.7. The Kier molecular flexibility index (Phi) is 10.0. The molecule has 200 valence electrons. The fourth-order valence-electron chi connectivity index (χ4n) is 4.83. The number of aromatic nitrogens is 1. The van der Waals surface area contributed by atoms with Crippen LogP contribution >= 0.6 is 11.3 Å². The third-order valence-electron chi connectivity index (χ3n) is 6.86. The fourth-order valence-corrected chi connectivity index (χ4v) is 5.53. The highest BCUT2D eigenvalue weighted by molar-refractivity contribution is 7.09. The number of nitrogens with zero attached hydrogens (tertiary/aromatic N) is 2. The van der Waals surface area contributed by atoms with Crippen LogP contribution in [-0.2, 0) is 20.9 Å². The summed E-state index contributed by atoms with van der Waals surface area (Å²) in [4.78, 5) is 46.7. The van der Waals surface area contributed by atoms with E-state index in [0.29, 0.717) is 18.8 Å². The predicted molar refractivity (Wildman–Crippen MR) is 151 cm³/mol. The van der Waals surface area contributed by atoms with E-state index in [1.165, 1.54) is 6.42 Å². The zero-order valence-electron chi connectivity index (χ0n) is 21.9. The molecular formula is C30H36N4O3S. The van der Waals surface area contributed by atoms with Crippen LogP contribution in [0.1, 0.15) is 73.4 Å². The number of hydrogen-bond acceptors (Lipinski definition) is 5. The molecule has 0 radical (unpaired) electrons. The molecular weight excluding hydrogens is 496 g/mol. The molecule has 0 saturated heterocycles. The molecule has 2 N–H and O–H groups in total. The lowest BCUT2D eigenvalue weighted by Crippen LogP contribution is -2.46. The van der Waals surface area contributed by atoms with Crippen LogP contribution in [0.2, 0.25) is 0 Å². The second kappa shape index (κ2) is 13.9.